The molecule has 8 nitrogen and oxygen atoms in total. The Morgan fingerprint density at radius 1 is 1.14 bits per heavy atom. The van der Waals surface area contributed by atoms with E-state index in [1.54, 1.807) is 13.3 Å². The third kappa shape index (κ3) is 4.72. The molecular formula is C19H20N4O4S2. The second-order valence-corrected chi connectivity index (χ2v) is 9.71. The van der Waals surface area contributed by atoms with Crippen LogP contribution in [0.4, 0.5) is 0 Å². The summed E-state index contributed by atoms with van der Waals surface area (Å²) in [5.41, 5.74) is 1.77. The van der Waals surface area contributed by atoms with Crippen LogP contribution in [0.2, 0.25) is 0 Å². The zero-order valence-corrected chi connectivity index (χ0v) is 17.7. The van der Waals surface area contributed by atoms with Crippen molar-refractivity contribution < 1.29 is 17.9 Å². The number of rotatable bonds is 6. The first-order valence-corrected chi connectivity index (χ1v) is 11.7. The molecule has 152 valence electrons. The van der Waals surface area contributed by atoms with Gasteiger partial charge in [-0.15, -0.1) is 0 Å². The van der Waals surface area contributed by atoms with Crippen LogP contribution >= 0.6 is 11.3 Å². The van der Waals surface area contributed by atoms with Crippen LogP contribution in [0, 0.1) is 0 Å². The Bertz CT molecular complexity index is 1110. The lowest BCUT2D eigenvalue weighted by atomic mass is 10.1. The zero-order valence-electron chi connectivity index (χ0n) is 16.0. The van der Waals surface area contributed by atoms with Gasteiger partial charge in [0.1, 0.15) is 11.5 Å². The van der Waals surface area contributed by atoms with Crippen molar-refractivity contribution in [2.45, 2.75) is 24.7 Å². The van der Waals surface area contributed by atoms with Crippen molar-refractivity contribution in [3.05, 3.63) is 52.8 Å². The lowest BCUT2D eigenvalue weighted by Crippen LogP contribution is -2.31. The van der Waals surface area contributed by atoms with E-state index >= 15 is 0 Å². The largest absolute Gasteiger partial charge is 0.497 e. The van der Waals surface area contributed by atoms with E-state index in [4.69, 9.17) is 9.47 Å². The van der Waals surface area contributed by atoms with Crippen molar-refractivity contribution in [2.75, 3.05) is 19.9 Å². The Hall–Kier alpha value is -2.56. The van der Waals surface area contributed by atoms with Gasteiger partial charge in [-0.25, -0.2) is 23.4 Å². The normalized spacial score (nSPS) is 14.4. The quantitative estimate of drug-likeness (QED) is 0.549. The minimum absolute atomic E-state index is 0.104. The molecule has 2 aromatic heterocycles. The molecule has 0 saturated heterocycles. The predicted octanol–water partition coefficient (Wildman–Crippen LogP) is 2.70. The highest BCUT2D eigenvalue weighted by molar-refractivity contribution is 7.90. The number of fused-ring (bicyclic) bond motifs is 1. The molecule has 0 unspecified atom stereocenters. The molecule has 29 heavy (non-hydrogen) atoms. The standard InChI is InChI=1S/C19H20N4O4S2/c1-26-14-3-5-15(6-4-14)27-19-21-10-16(28-19)12-23-8-7-17-13(11-23)9-20-18(22-17)29(2,24)25/h3-6,9-10H,7-8,11-12H2,1-2H3. The Morgan fingerprint density at radius 3 is 2.62 bits per heavy atom. The van der Waals surface area contributed by atoms with E-state index in [0.717, 1.165) is 41.2 Å². The number of aromatic nitrogens is 3. The predicted molar refractivity (Wildman–Crippen MR) is 108 cm³/mol. The van der Waals surface area contributed by atoms with Gasteiger partial charge in [0, 0.05) is 55.1 Å². The summed E-state index contributed by atoms with van der Waals surface area (Å²) in [6.45, 7) is 2.20. The van der Waals surface area contributed by atoms with Crippen LogP contribution in [0.15, 0.2) is 41.8 Å². The average Bonchev–Trinajstić information content (AvgIpc) is 3.14. The molecule has 1 aliphatic heterocycles. The zero-order chi connectivity index (χ0) is 20.4. The minimum atomic E-state index is -3.39. The van der Waals surface area contributed by atoms with Crippen LogP contribution in [-0.4, -0.2) is 48.2 Å². The molecule has 0 atom stereocenters. The summed E-state index contributed by atoms with van der Waals surface area (Å²) in [5, 5.41) is 0.483. The van der Waals surface area contributed by atoms with Crippen molar-refractivity contribution in [3.8, 4) is 16.7 Å². The number of nitrogens with zero attached hydrogens (tertiary/aromatic N) is 4. The molecule has 4 rings (SSSR count). The smallest absolute Gasteiger partial charge is 0.278 e. The van der Waals surface area contributed by atoms with Crippen molar-refractivity contribution in [1.29, 1.82) is 0 Å². The number of hydrogen-bond donors (Lipinski definition) is 0. The molecule has 1 aliphatic rings. The molecule has 0 saturated carbocycles. The van der Waals surface area contributed by atoms with Crippen molar-refractivity contribution in [1.82, 2.24) is 19.9 Å². The Kier molecular flexibility index (Phi) is 5.48. The van der Waals surface area contributed by atoms with Crippen LogP contribution in [0.1, 0.15) is 16.1 Å². The maximum Gasteiger partial charge on any atom is 0.278 e. The fourth-order valence-electron chi connectivity index (χ4n) is 3.04. The number of benzene rings is 1. The summed E-state index contributed by atoms with van der Waals surface area (Å²) in [6.07, 6.45) is 5.26. The lowest BCUT2D eigenvalue weighted by Gasteiger charge is -2.27. The monoisotopic (exact) mass is 432 g/mol. The van der Waals surface area contributed by atoms with Gasteiger partial charge < -0.3 is 9.47 Å². The average molecular weight is 433 g/mol. The second kappa shape index (κ2) is 8.05. The number of ether oxygens (including phenoxy) is 2. The molecule has 0 fully saturated rings. The number of sulfone groups is 1. The van der Waals surface area contributed by atoms with E-state index in [1.807, 2.05) is 30.5 Å². The first-order valence-electron chi connectivity index (χ1n) is 8.94. The maximum atomic E-state index is 11.6. The van der Waals surface area contributed by atoms with E-state index in [0.29, 0.717) is 23.9 Å². The first-order chi connectivity index (χ1) is 13.9. The number of thiazole rings is 1. The topological polar surface area (TPSA) is 94.5 Å². The van der Waals surface area contributed by atoms with E-state index in [9.17, 15) is 8.42 Å². The van der Waals surface area contributed by atoms with Gasteiger partial charge in [-0.3, -0.25) is 4.90 Å². The SMILES string of the molecule is COc1ccc(Oc2ncc(CN3CCc4nc(S(C)(=O)=O)ncc4C3)s2)cc1. The molecular weight excluding hydrogens is 412 g/mol. The van der Waals surface area contributed by atoms with E-state index in [1.165, 1.54) is 11.3 Å². The van der Waals surface area contributed by atoms with E-state index in [-0.39, 0.29) is 5.16 Å². The summed E-state index contributed by atoms with van der Waals surface area (Å²) >= 11 is 1.50. The van der Waals surface area contributed by atoms with Crippen LogP contribution < -0.4 is 9.47 Å². The van der Waals surface area contributed by atoms with Gasteiger partial charge in [0.05, 0.1) is 12.8 Å². The molecule has 1 aromatic carbocycles. The fraction of sp³-hybridized carbons (Fsp3) is 0.316. The highest BCUT2D eigenvalue weighted by atomic mass is 32.2. The Balaban J connectivity index is 1.39. The van der Waals surface area contributed by atoms with Gasteiger partial charge in [0.25, 0.3) is 5.19 Å². The highest BCUT2D eigenvalue weighted by Gasteiger charge is 2.21. The van der Waals surface area contributed by atoms with Gasteiger partial charge in [-0.1, -0.05) is 11.3 Å². The molecule has 10 heteroatoms. The second-order valence-electron chi connectivity index (χ2n) is 6.73. The summed E-state index contributed by atoms with van der Waals surface area (Å²) in [6, 6.07) is 7.36. The highest BCUT2D eigenvalue weighted by Crippen LogP contribution is 2.29. The molecule has 0 amide bonds. The molecule has 0 N–H and O–H groups in total. The summed E-state index contributed by atoms with van der Waals surface area (Å²) in [5.74, 6) is 1.48. The summed E-state index contributed by atoms with van der Waals surface area (Å²) in [4.78, 5) is 15.9. The molecule has 0 radical (unpaired) electrons. The molecule has 0 bridgehead atoms. The van der Waals surface area contributed by atoms with Crippen molar-refractivity contribution in [3.63, 3.8) is 0 Å². The molecule has 0 aliphatic carbocycles. The summed E-state index contributed by atoms with van der Waals surface area (Å²) in [7, 11) is -1.77. The Morgan fingerprint density at radius 2 is 1.90 bits per heavy atom. The summed E-state index contributed by atoms with van der Waals surface area (Å²) < 4.78 is 34.2. The van der Waals surface area contributed by atoms with Gasteiger partial charge in [0.15, 0.2) is 0 Å². The van der Waals surface area contributed by atoms with Crippen LogP contribution in [-0.2, 0) is 29.3 Å². The Labute approximate surface area is 173 Å². The van der Waals surface area contributed by atoms with E-state index in [2.05, 4.69) is 19.9 Å². The maximum absolute atomic E-state index is 11.6. The van der Waals surface area contributed by atoms with Gasteiger partial charge in [-0.2, -0.15) is 0 Å². The third-order valence-electron chi connectivity index (χ3n) is 4.50. The minimum Gasteiger partial charge on any atom is -0.497 e. The first kappa shape index (κ1) is 19.7. The molecule has 0 spiro atoms. The third-order valence-corrected chi connectivity index (χ3v) is 6.22. The van der Waals surface area contributed by atoms with Crippen LogP contribution in [0.25, 0.3) is 0 Å². The number of methoxy groups -OCH3 is 1. The van der Waals surface area contributed by atoms with Gasteiger partial charge >= 0.3 is 0 Å². The van der Waals surface area contributed by atoms with Crippen molar-refractivity contribution >= 4 is 21.2 Å². The van der Waals surface area contributed by atoms with Gasteiger partial charge in [0.2, 0.25) is 15.0 Å². The van der Waals surface area contributed by atoms with Crippen molar-refractivity contribution in [2.24, 2.45) is 0 Å². The van der Waals surface area contributed by atoms with Crippen LogP contribution in [0.3, 0.4) is 0 Å². The fourth-order valence-corrected chi connectivity index (χ4v) is 4.39. The van der Waals surface area contributed by atoms with Crippen LogP contribution in [0.5, 0.6) is 16.7 Å². The lowest BCUT2D eigenvalue weighted by molar-refractivity contribution is 0.244. The molecule has 3 aromatic rings. The van der Waals surface area contributed by atoms with Gasteiger partial charge in [-0.05, 0) is 24.3 Å². The number of hydrogen-bond acceptors (Lipinski definition) is 9. The van der Waals surface area contributed by atoms with E-state index < -0.39 is 9.84 Å². The molecule has 3 heterocycles.